The minimum Gasteiger partial charge on any atom is -0.479 e. The summed E-state index contributed by atoms with van der Waals surface area (Å²) in [5, 5.41) is 4.27. The summed E-state index contributed by atoms with van der Waals surface area (Å²) in [7, 11) is 1.59. The van der Waals surface area contributed by atoms with Crippen molar-refractivity contribution < 1.29 is 4.74 Å². The van der Waals surface area contributed by atoms with Gasteiger partial charge in [0.15, 0.2) is 0 Å². The van der Waals surface area contributed by atoms with Crippen LogP contribution in [0.5, 0.6) is 5.88 Å². The van der Waals surface area contributed by atoms with Crippen LogP contribution in [0.1, 0.15) is 26.2 Å². The van der Waals surface area contributed by atoms with Gasteiger partial charge in [-0.15, -0.1) is 0 Å². The molecule has 2 unspecified atom stereocenters. The van der Waals surface area contributed by atoms with Crippen LogP contribution in [0, 0.1) is 0 Å². The average molecular weight is 267 g/mol. The monoisotopic (exact) mass is 267 g/mol. The van der Waals surface area contributed by atoms with Gasteiger partial charge in [0.05, 0.1) is 12.8 Å². The highest BCUT2D eigenvalue weighted by Crippen LogP contribution is 2.31. The molecule has 0 spiro atoms. The van der Waals surface area contributed by atoms with Crippen molar-refractivity contribution in [1.29, 1.82) is 0 Å². The number of pyridine rings is 1. The fourth-order valence-electron chi connectivity index (χ4n) is 2.36. The molecule has 18 heavy (non-hydrogen) atoms. The van der Waals surface area contributed by atoms with Crippen LogP contribution in [0.2, 0.25) is 0 Å². The van der Waals surface area contributed by atoms with Crippen LogP contribution in [0.25, 0.3) is 0 Å². The Kier molecular flexibility index (Phi) is 4.58. The molecule has 1 aliphatic rings. The van der Waals surface area contributed by atoms with E-state index in [4.69, 9.17) is 10.5 Å². The number of ether oxygens (including phenoxy) is 1. The zero-order chi connectivity index (χ0) is 13.0. The molecular weight excluding hydrogens is 246 g/mol. The molecule has 1 aliphatic carbocycles. The molecule has 1 saturated carbocycles. The quantitative estimate of drug-likeness (QED) is 0.859. The first-order chi connectivity index (χ1) is 8.72. The third kappa shape index (κ3) is 3.22. The largest absolute Gasteiger partial charge is 0.479 e. The lowest BCUT2D eigenvalue weighted by atomic mass is 10.2. The molecule has 4 nitrogen and oxygen atoms in total. The Hall–Kier alpha value is -1.10. The van der Waals surface area contributed by atoms with Gasteiger partial charge in [-0.3, -0.25) is 0 Å². The lowest BCUT2D eigenvalue weighted by molar-refractivity contribution is 0.400. The summed E-state index contributed by atoms with van der Waals surface area (Å²) in [4.78, 5) is 4.36. The van der Waals surface area contributed by atoms with Gasteiger partial charge in [-0.25, -0.2) is 0 Å². The Bertz CT molecular complexity index is 400. The lowest BCUT2D eigenvalue weighted by Gasteiger charge is -2.14. The van der Waals surface area contributed by atoms with Crippen LogP contribution in [0.3, 0.4) is 0 Å². The fraction of sp³-hybridized carbons (Fsp3) is 0.615. The van der Waals surface area contributed by atoms with Crippen LogP contribution in [-0.2, 0) is 0 Å². The van der Waals surface area contributed by atoms with Gasteiger partial charge in [-0.05, 0) is 37.1 Å². The first kappa shape index (κ1) is 13.3. The first-order valence-electron chi connectivity index (χ1n) is 6.41. The van der Waals surface area contributed by atoms with Gasteiger partial charge >= 0.3 is 0 Å². The zero-order valence-corrected chi connectivity index (χ0v) is 11.8. The maximum atomic E-state index is 5.75. The van der Waals surface area contributed by atoms with Crippen LogP contribution < -0.4 is 15.8 Å². The summed E-state index contributed by atoms with van der Waals surface area (Å²) in [5.74, 6) is 2.55. The van der Waals surface area contributed by atoms with E-state index in [1.807, 2.05) is 12.1 Å². The highest BCUT2D eigenvalue weighted by Gasteiger charge is 2.24. The normalized spacial score (nSPS) is 23.0. The van der Waals surface area contributed by atoms with Crippen LogP contribution in [-0.4, -0.2) is 29.1 Å². The van der Waals surface area contributed by atoms with E-state index in [-0.39, 0.29) is 0 Å². The second kappa shape index (κ2) is 6.18. The molecule has 3 N–H and O–H groups in total. The summed E-state index contributed by atoms with van der Waals surface area (Å²) in [6.07, 6.45) is 3.72. The number of anilines is 2. The Labute approximate surface area is 113 Å². The molecule has 0 amide bonds. The van der Waals surface area contributed by atoms with Gasteiger partial charge < -0.3 is 15.8 Å². The Morgan fingerprint density at radius 1 is 1.50 bits per heavy atom. The van der Waals surface area contributed by atoms with E-state index in [1.165, 1.54) is 25.0 Å². The molecule has 0 aliphatic heterocycles. The Morgan fingerprint density at radius 3 is 3.06 bits per heavy atom. The Morgan fingerprint density at radius 2 is 2.33 bits per heavy atom. The number of thioether (sulfide) groups is 1. The molecule has 1 heterocycles. The predicted octanol–water partition coefficient (Wildman–Crippen LogP) is 2.76. The summed E-state index contributed by atoms with van der Waals surface area (Å²) >= 11 is 2.06. The molecule has 0 aromatic carbocycles. The van der Waals surface area contributed by atoms with Crippen LogP contribution >= 0.6 is 11.8 Å². The van der Waals surface area contributed by atoms with Crippen molar-refractivity contribution in [2.45, 2.75) is 37.5 Å². The highest BCUT2D eigenvalue weighted by molar-refractivity contribution is 7.99. The summed E-state index contributed by atoms with van der Waals surface area (Å²) in [5.41, 5.74) is 6.33. The maximum absolute atomic E-state index is 5.75. The summed E-state index contributed by atoms with van der Waals surface area (Å²) in [6.45, 7) is 2.22. The summed E-state index contributed by atoms with van der Waals surface area (Å²) < 4.78 is 5.13. The number of nitrogens with one attached hydrogen (secondary N) is 1. The van der Waals surface area contributed by atoms with Gasteiger partial charge in [0.1, 0.15) is 5.82 Å². The predicted molar refractivity (Wildman–Crippen MR) is 78.4 cm³/mol. The van der Waals surface area contributed by atoms with E-state index in [0.29, 0.717) is 17.6 Å². The van der Waals surface area contributed by atoms with E-state index < -0.39 is 0 Å². The molecule has 0 bridgehead atoms. The zero-order valence-electron chi connectivity index (χ0n) is 11.0. The maximum Gasteiger partial charge on any atom is 0.238 e. The topological polar surface area (TPSA) is 60.2 Å². The number of rotatable bonds is 5. The van der Waals surface area contributed by atoms with Gasteiger partial charge in [0.2, 0.25) is 5.88 Å². The molecule has 5 heteroatoms. The third-order valence-corrected chi connectivity index (χ3v) is 4.45. The van der Waals surface area contributed by atoms with Crippen molar-refractivity contribution >= 4 is 23.3 Å². The van der Waals surface area contributed by atoms with Crippen molar-refractivity contribution in [1.82, 2.24) is 4.98 Å². The van der Waals surface area contributed by atoms with Crippen molar-refractivity contribution in [2.75, 3.05) is 23.9 Å². The Balaban J connectivity index is 1.94. The minimum atomic E-state index is 0.498. The number of hydrogen-bond acceptors (Lipinski definition) is 5. The van der Waals surface area contributed by atoms with E-state index in [1.54, 1.807) is 7.11 Å². The molecule has 0 saturated heterocycles. The fourth-order valence-corrected chi connectivity index (χ4v) is 3.51. The van der Waals surface area contributed by atoms with Gasteiger partial charge in [0.25, 0.3) is 0 Å². The highest BCUT2D eigenvalue weighted by atomic mass is 32.2. The van der Waals surface area contributed by atoms with E-state index in [9.17, 15) is 0 Å². The van der Waals surface area contributed by atoms with Crippen molar-refractivity contribution in [3.63, 3.8) is 0 Å². The third-order valence-electron chi connectivity index (χ3n) is 3.22. The molecule has 100 valence electrons. The van der Waals surface area contributed by atoms with Crippen LogP contribution in [0.15, 0.2) is 12.1 Å². The molecule has 1 aromatic rings. The van der Waals surface area contributed by atoms with E-state index in [0.717, 1.165) is 11.1 Å². The van der Waals surface area contributed by atoms with E-state index >= 15 is 0 Å². The number of nitrogens with two attached hydrogens (primary N) is 1. The standard InChI is InChI=1S/C13H21N3OS/c1-3-18-10-5-4-9(8-10)15-12-7-6-11(14)13(16-12)17-2/h6-7,9-10H,3-5,8,14H2,1-2H3,(H,15,16). The van der Waals surface area contributed by atoms with Crippen molar-refractivity contribution in [3.8, 4) is 5.88 Å². The van der Waals surface area contributed by atoms with Gasteiger partial charge in [0, 0.05) is 11.3 Å². The smallest absolute Gasteiger partial charge is 0.238 e. The number of nitrogen functional groups attached to an aromatic ring is 1. The molecule has 2 rings (SSSR count). The van der Waals surface area contributed by atoms with Crippen molar-refractivity contribution in [3.05, 3.63) is 12.1 Å². The second-order valence-corrected chi connectivity index (χ2v) is 6.10. The number of nitrogens with zero attached hydrogens (tertiary/aromatic N) is 1. The summed E-state index contributed by atoms with van der Waals surface area (Å²) in [6, 6.07) is 4.27. The number of aromatic nitrogens is 1. The van der Waals surface area contributed by atoms with Gasteiger partial charge in [-0.2, -0.15) is 16.7 Å². The molecule has 0 radical (unpaired) electrons. The molecule has 2 atom stereocenters. The van der Waals surface area contributed by atoms with E-state index in [2.05, 4.69) is 29.0 Å². The molecular formula is C13H21N3OS. The molecule has 1 fully saturated rings. The average Bonchev–Trinajstić information content (AvgIpc) is 2.80. The van der Waals surface area contributed by atoms with Crippen molar-refractivity contribution in [2.24, 2.45) is 0 Å². The van der Waals surface area contributed by atoms with Gasteiger partial charge in [-0.1, -0.05) is 6.92 Å². The van der Waals surface area contributed by atoms with Crippen LogP contribution in [0.4, 0.5) is 11.5 Å². The SMILES string of the molecule is CCSC1CCC(Nc2ccc(N)c(OC)n2)C1. The molecule has 1 aromatic heterocycles. The lowest BCUT2D eigenvalue weighted by Crippen LogP contribution is -2.17. The number of methoxy groups -OCH3 is 1. The first-order valence-corrected chi connectivity index (χ1v) is 7.46. The second-order valence-electron chi connectivity index (χ2n) is 4.53. The minimum absolute atomic E-state index is 0.498. The number of hydrogen-bond donors (Lipinski definition) is 2.